The number of urea groups is 1. The Bertz CT molecular complexity index is 856. The zero-order valence-electron chi connectivity index (χ0n) is 27.5. The molecule has 0 radical (unpaired) electrons. The number of unbranched alkanes of at least 4 members (excludes halogenated alkanes) is 11. The SMILES string of the molecule is CCCCCCCCCCCCCCN(CC(=O)CCN)C(C(=O)C(N)(CC)C(=O)O)C(C)C.NC(N)=O.O=C(O)C(F)(F)F. The average Bonchev–Trinajstić information content (AvgIpc) is 2.92. The second-order valence-corrected chi connectivity index (χ2v) is 11.3. The number of hydrogen-bond donors (Lipinski definition) is 6. The molecule has 0 fully saturated rings. The molecule has 0 aromatic heterocycles. The standard InChI is InChI=1S/C27H53N3O4.C2HF3O2.CH4N2O/c1-5-7-8-9-10-11-12-13-14-15-16-17-20-30(21-23(31)18-19-28)24(22(3)4)25(32)27(29,6-2)26(33)34;3-2(4,5)1(6)7;2-1(3)4/h22,24H,5-21,28-29H2,1-4H3,(H,33,34);(H,6,7);(H4,2,3,4). The molecule has 0 aliphatic carbocycles. The van der Waals surface area contributed by atoms with Crippen molar-refractivity contribution in [1.29, 1.82) is 0 Å². The molecule has 0 spiro atoms. The van der Waals surface area contributed by atoms with Crippen LogP contribution >= 0.6 is 0 Å². The molecule has 0 saturated heterocycles. The molecule has 0 aromatic carbocycles. The third-order valence-electron chi connectivity index (χ3n) is 7.02. The van der Waals surface area contributed by atoms with Crippen molar-refractivity contribution in [2.45, 2.75) is 135 Å². The molecule has 0 aromatic rings. The molecular formula is C30H58F3N5O7. The van der Waals surface area contributed by atoms with E-state index in [1.807, 2.05) is 18.7 Å². The van der Waals surface area contributed by atoms with Gasteiger partial charge in [-0.1, -0.05) is 98.3 Å². The number of nitrogens with zero attached hydrogens (tertiary/aromatic N) is 1. The van der Waals surface area contributed by atoms with Crippen LogP contribution in [0.15, 0.2) is 0 Å². The number of primary amides is 2. The van der Waals surface area contributed by atoms with Gasteiger partial charge in [-0.2, -0.15) is 13.2 Å². The zero-order chi connectivity index (χ0) is 35.6. The highest BCUT2D eigenvalue weighted by Crippen LogP contribution is 2.22. The van der Waals surface area contributed by atoms with Crippen LogP contribution in [0.1, 0.15) is 118 Å². The number of carbonyl (C=O) groups is 5. The molecule has 0 aliphatic rings. The minimum Gasteiger partial charge on any atom is -0.480 e. The van der Waals surface area contributed by atoms with E-state index in [1.165, 1.54) is 57.8 Å². The summed E-state index contributed by atoms with van der Waals surface area (Å²) in [6.45, 7) is 8.54. The number of carbonyl (C=O) groups excluding carboxylic acids is 3. The Morgan fingerprint density at radius 2 is 1.13 bits per heavy atom. The Morgan fingerprint density at radius 1 is 0.756 bits per heavy atom. The molecular weight excluding hydrogens is 599 g/mol. The number of carboxylic acid groups (broad SMARTS) is 2. The summed E-state index contributed by atoms with van der Waals surface area (Å²) in [5.41, 5.74) is 18.1. The summed E-state index contributed by atoms with van der Waals surface area (Å²) in [5.74, 6) is -4.78. The molecule has 2 unspecified atom stereocenters. The largest absolute Gasteiger partial charge is 0.490 e. The Hall–Kier alpha value is -2.78. The van der Waals surface area contributed by atoms with E-state index in [0.717, 1.165) is 19.3 Å². The lowest BCUT2D eigenvalue weighted by Gasteiger charge is -2.37. The first-order chi connectivity index (χ1) is 20.8. The van der Waals surface area contributed by atoms with E-state index in [4.69, 9.17) is 26.2 Å². The minimum atomic E-state index is -5.08. The number of amides is 2. The van der Waals surface area contributed by atoms with Gasteiger partial charge < -0.3 is 33.1 Å². The molecule has 266 valence electrons. The normalized spacial score (nSPS) is 13.1. The maximum Gasteiger partial charge on any atom is 0.490 e. The molecule has 12 nitrogen and oxygen atoms in total. The van der Waals surface area contributed by atoms with Gasteiger partial charge >= 0.3 is 24.1 Å². The van der Waals surface area contributed by atoms with Crippen LogP contribution in [0.5, 0.6) is 0 Å². The van der Waals surface area contributed by atoms with Gasteiger partial charge in [0, 0.05) is 6.42 Å². The molecule has 0 heterocycles. The average molecular weight is 658 g/mol. The topological polar surface area (TPSA) is 233 Å². The van der Waals surface area contributed by atoms with Crippen LogP contribution in [-0.4, -0.2) is 82.0 Å². The Balaban J connectivity index is -0.00000136. The van der Waals surface area contributed by atoms with Crippen LogP contribution in [-0.2, 0) is 19.2 Å². The predicted octanol–water partition coefficient (Wildman–Crippen LogP) is 4.35. The third-order valence-corrected chi connectivity index (χ3v) is 7.02. The summed E-state index contributed by atoms with van der Waals surface area (Å²) in [7, 11) is 0. The van der Waals surface area contributed by atoms with Gasteiger partial charge in [-0.3, -0.25) is 14.5 Å². The summed E-state index contributed by atoms with van der Waals surface area (Å²) >= 11 is 0. The van der Waals surface area contributed by atoms with Crippen LogP contribution in [0.3, 0.4) is 0 Å². The first-order valence-corrected chi connectivity index (χ1v) is 15.7. The molecule has 2 amide bonds. The third kappa shape index (κ3) is 24.2. The van der Waals surface area contributed by atoms with E-state index in [2.05, 4.69) is 18.4 Å². The van der Waals surface area contributed by atoms with Gasteiger partial charge in [-0.25, -0.2) is 14.4 Å². The van der Waals surface area contributed by atoms with Crippen LogP contribution < -0.4 is 22.9 Å². The van der Waals surface area contributed by atoms with E-state index >= 15 is 0 Å². The van der Waals surface area contributed by atoms with Crippen molar-refractivity contribution in [3.63, 3.8) is 0 Å². The van der Waals surface area contributed by atoms with Crippen molar-refractivity contribution in [2.75, 3.05) is 19.6 Å². The van der Waals surface area contributed by atoms with E-state index in [1.54, 1.807) is 6.92 Å². The zero-order valence-corrected chi connectivity index (χ0v) is 27.5. The van der Waals surface area contributed by atoms with Crippen molar-refractivity contribution in [3.05, 3.63) is 0 Å². The number of halogens is 3. The van der Waals surface area contributed by atoms with Gasteiger partial charge in [-0.05, 0) is 31.8 Å². The number of hydrogen-bond acceptors (Lipinski definition) is 8. The predicted molar refractivity (Wildman–Crippen MR) is 167 cm³/mol. The monoisotopic (exact) mass is 657 g/mol. The van der Waals surface area contributed by atoms with Crippen LogP contribution in [0.4, 0.5) is 18.0 Å². The fourth-order valence-corrected chi connectivity index (χ4v) is 4.52. The molecule has 10 N–H and O–H groups in total. The fraction of sp³-hybridized carbons (Fsp3) is 0.833. The molecule has 2 atom stereocenters. The summed E-state index contributed by atoms with van der Waals surface area (Å²) in [6, 6.07) is -1.55. The summed E-state index contributed by atoms with van der Waals surface area (Å²) in [6.07, 6.45) is 9.94. The summed E-state index contributed by atoms with van der Waals surface area (Å²) < 4.78 is 31.7. The van der Waals surface area contributed by atoms with E-state index < -0.39 is 41.5 Å². The van der Waals surface area contributed by atoms with E-state index in [9.17, 15) is 32.7 Å². The number of rotatable bonds is 23. The fourth-order valence-electron chi connectivity index (χ4n) is 4.52. The van der Waals surface area contributed by atoms with Crippen molar-refractivity contribution >= 4 is 29.5 Å². The van der Waals surface area contributed by atoms with Gasteiger partial charge in [0.15, 0.2) is 11.3 Å². The number of nitrogens with two attached hydrogens (primary N) is 4. The van der Waals surface area contributed by atoms with Crippen LogP contribution in [0.2, 0.25) is 0 Å². The Kier molecular flexibility index (Phi) is 27.4. The van der Waals surface area contributed by atoms with Crippen molar-refractivity contribution in [3.8, 4) is 0 Å². The molecule has 0 saturated carbocycles. The highest BCUT2D eigenvalue weighted by molar-refractivity contribution is 6.10. The van der Waals surface area contributed by atoms with Gasteiger partial charge in [0.25, 0.3) is 0 Å². The highest BCUT2D eigenvalue weighted by Gasteiger charge is 2.46. The quantitative estimate of drug-likeness (QED) is 0.0671. The van der Waals surface area contributed by atoms with Gasteiger partial charge in [0.1, 0.15) is 5.78 Å². The van der Waals surface area contributed by atoms with Gasteiger partial charge in [-0.15, -0.1) is 0 Å². The number of Topliss-reactive ketones (excluding diaryl/α,β-unsaturated/α-hetero) is 2. The molecule has 0 bridgehead atoms. The number of carboxylic acids is 2. The highest BCUT2D eigenvalue weighted by atomic mass is 19.4. The molecule has 45 heavy (non-hydrogen) atoms. The maximum absolute atomic E-state index is 13.3. The van der Waals surface area contributed by atoms with Crippen LogP contribution in [0, 0.1) is 5.92 Å². The summed E-state index contributed by atoms with van der Waals surface area (Å²) in [5, 5.41) is 16.7. The van der Waals surface area contributed by atoms with Crippen molar-refractivity contribution in [2.24, 2.45) is 28.9 Å². The lowest BCUT2D eigenvalue weighted by molar-refractivity contribution is -0.192. The lowest BCUT2D eigenvalue weighted by Crippen LogP contribution is -2.63. The second-order valence-electron chi connectivity index (χ2n) is 11.3. The van der Waals surface area contributed by atoms with Crippen molar-refractivity contribution in [1.82, 2.24) is 4.90 Å². The molecule has 15 heteroatoms. The summed E-state index contributed by atoms with van der Waals surface area (Å²) in [4.78, 5) is 57.2. The minimum absolute atomic E-state index is 0.00752. The smallest absolute Gasteiger partial charge is 0.480 e. The number of aliphatic carboxylic acids is 2. The first kappa shape index (κ1) is 46.6. The number of alkyl halides is 3. The van der Waals surface area contributed by atoms with E-state index in [-0.39, 0.29) is 37.6 Å². The Morgan fingerprint density at radius 3 is 1.42 bits per heavy atom. The van der Waals surface area contributed by atoms with Crippen LogP contribution in [0.25, 0.3) is 0 Å². The molecule has 0 rings (SSSR count). The first-order valence-electron chi connectivity index (χ1n) is 15.7. The van der Waals surface area contributed by atoms with Gasteiger partial charge in [0.05, 0.1) is 12.6 Å². The Labute approximate surface area is 265 Å². The maximum atomic E-state index is 13.3. The number of ketones is 2. The van der Waals surface area contributed by atoms with Gasteiger partial charge in [0.2, 0.25) is 0 Å². The van der Waals surface area contributed by atoms with Crippen molar-refractivity contribution < 1.29 is 47.4 Å². The lowest BCUT2D eigenvalue weighted by atomic mass is 9.82. The van der Waals surface area contributed by atoms with E-state index in [0.29, 0.717) is 6.54 Å². The second kappa shape index (κ2) is 26.4. The molecule has 0 aliphatic heterocycles.